The fourth-order valence-electron chi connectivity index (χ4n) is 2.98. The van der Waals surface area contributed by atoms with E-state index in [1.54, 1.807) is 7.11 Å². The van der Waals surface area contributed by atoms with E-state index in [0.717, 1.165) is 31.1 Å². The maximum atomic E-state index is 11.6. The standard InChI is InChI=1S/C14H22O.C12H26O3Si.C7H14O2/c1-6-11(2)12-7-9-13(10-8-12)15-14(3,4)5;1-7-12(2,3)11(13)15-9-8-10-16(5,6)14-4;1-5-7(2,3)6(8)9-4/h7-11H,6H2,1-5H3;7-10H2,1-6H3;5H2,1-4H3. The predicted octanol–water partition coefficient (Wildman–Crippen LogP) is 9.18. The van der Waals surface area contributed by atoms with Gasteiger partial charge in [0.25, 0.3) is 0 Å². The number of benzene rings is 1. The number of ether oxygens (including phenoxy) is 3. The molecule has 1 aromatic rings. The lowest BCUT2D eigenvalue weighted by Gasteiger charge is -2.22. The first-order valence-electron chi connectivity index (χ1n) is 14.8. The Morgan fingerprint density at radius 2 is 1.30 bits per heavy atom. The van der Waals surface area contributed by atoms with Gasteiger partial charge in [0.15, 0.2) is 8.32 Å². The normalized spacial score (nSPS) is 12.7. The van der Waals surface area contributed by atoms with Gasteiger partial charge in [0.05, 0.1) is 24.5 Å². The number of esters is 2. The highest BCUT2D eigenvalue weighted by Gasteiger charge is 2.27. The summed E-state index contributed by atoms with van der Waals surface area (Å²) in [6.07, 6.45) is 3.71. The van der Waals surface area contributed by atoms with Crippen LogP contribution in [0, 0.1) is 10.8 Å². The molecule has 0 saturated carbocycles. The van der Waals surface area contributed by atoms with Crippen LogP contribution in [0.15, 0.2) is 24.3 Å². The van der Waals surface area contributed by atoms with Crippen molar-refractivity contribution in [1.82, 2.24) is 0 Å². The summed E-state index contributed by atoms with van der Waals surface area (Å²) >= 11 is 0. The van der Waals surface area contributed by atoms with Gasteiger partial charge < -0.3 is 18.6 Å². The molecule has 0 radical (unpaired) electrons. The second kappa shape index (κ2) is 18.5. The van der Waals surface area contributed by atoms with Crippen molar-refractivity contribution < 1.29 is 28.2 Å². The first-order chi connectivity index (χ1) is 18.2. The highest BCUT2D eigenvalue weighted by molar-refractivity contribution is 6.71. The van der Waals surface area contributed by atoms with Gasteiger partial charge in [0.2, 0.25) is 0 Å². The lowest BCUT2D eigenvalue weighted by molar-refractivity contribution is -0.154. The van der Waals surface area contributed by atoms with E-state index in [9.17, 15) is 9.59 Å². The van der Waals surface area contributed by atoms with Gasteiger partial charge in [-0.15, -0.1) is 0 Å². The largest absolute Gasteiger partial charge is 0.488 e. The molecule has 0 heterocycles. The van der Waals surface area contributed by atoms with Crippen LogP contribution >= 0.6 is 0 Å². The number of hydrogen-bond donors (Lipinski definition) is 0. The molecule has 0 amide bonds. The molecule has 40 heavy (non-hydrogen) atoms. The van der Waals surface area contributed by atoms with Crippen molar-refractivity contribution in [3.63, 3.8) is 0 Å². The molecule has 0 aliphatic heterocycles. The Morgan fingerprint density at radius 1 is 0.825 bits per heavy atom. The van der Waals surface area contributed by atoms with Crippen LogP contribution in [0.25, 0.3) is 0 Å². The minimum atomic E-state index is -1.49. The molecule has 7 heteroatoms. The molecule has 0 spiro atoms. The highest BCUT2D eigenvalue weighted by atomic mass is 28.4. The molecule has 0 fully saturated rings. The SMILES string of the molecule is CCC(C)(C)C(=O)OC.CCC(C)(C)C(=O)OCCC[Si](C)(C)OC.CCC(C)c1ccc(OC(C)(C)C)cc1. The van der Waals surface area contributed by atoms with Crippen molar-refractivity contribution in [2.75, 3.05) is 20.8 Å². The van der Waals surface area contributed by atoms with Crippen LogP contribution in [0.2, 0.25) is 19.1 Å². The molecule has 0 aliphatic carbocycles. The molecule has 1 unspecified atom stereocenters. The minimum absolute atomic E-state index is 0.0908. The van der Waals surface area contributed by atoms with Gasteiger partial charge in [0, 0.05) is 7.11 Å². The Morgan fingerprint density at radius 3 is 1.65 bits per heavy atom. The van der Waals surface area contributed by atoms with Crippen LogP contribution in [0.4, 0.5) is 0 Å². The Kier molecular flexibility index (Phi) is 18.7. The van der Waals surface area contributed by atoms with Gasteiger partial charge in [-0.05, 0) is 117 Å². The molecule has 0 aliphatic rings. The van der Waals surface area contributed by atoms with Crippen molar-refractivity contribution in [1.29, 1.82) is 0 Å². The van der Waals surface area contributed by atoms with E-state index in [1.807, 2.05) is 41.5 Å². The first-order valence-corrected chi connectivity index (χ1v) is 17.9. The van der Waals surface area contributed by atoms with Gasteiger partial charge in [0.1, 0.15) is 11.4 Å². The average Bonchev–Trinajstić information content (AvgIpc) is 2.90. The smallest absolute Gasteiger partial charge is 0.311 e. The summed E-state index contributed by atoms with van der Waals surface area (Å²) in [5.74, 6) is 1.36. The van der Waals surface area contributed by atoms with Crippen LogP contribution in [-0.4, -0.2) is 46.7 Å². The second-order valence-corrected chi connectivity index (χ2v) is 17.7. The number of carbonyl (C=O) groups is 2. The molecule has 234 valence electrons. The lowest BCUT2D eigenvalue weighted by Crippen LogP contribution is -2.30. The van der Waals surface area contributed by atoms with Crippen molar-refractivity contribution in [3.8, 4) is 5.75 Å². The Hall–Kier alpha value is -1.86. The fraction of sp³-hybridized carbons (Fsp3) is 0.758. The molecule has 1 atom stereocenters. The molecule has 6 nitrogen and oxygen atoms in total. The average molecular weight is 583 g/mol. The Balaban J connectivity index is 0. The summed E-state index contributed by atoms with van der Waals surface area (Å²) in [4.78, 5) is 22.5. The van der Waals surface area contributed by atoms with Crippen molar-refractivity contribution in [3.05, 3.63) is 29.8 Å². The summed E-state index contributed by atoms with van der Waals surface area (Å²) in [6, 6.07) is 9.48. The third-order valence-corrected chi connectivity index (χ3v) is 9.92. The van der Waals surface area contributed by atoms with Gasteiger partial charge in [-0.3, -0.25) is 9.59 Å². The molecule has 1 rings (SSSR count). The minimum Gasteiger partial charge on any atom is -0.488 e. The van der Waals surface area contributed by atoms with Crippen LogP contribution < -0.4 is 4.74 Å². The molecule has 1 aromatic carbocycles. The maximum Gasteiger partial charge on any atom is 0.311 e. The van der Waals surface area contributed by atoms with Crippen LogP contribution in [0.5, 0.6) is 5.75 Å². The number of methoxy groups -OCH3 is 1. The summed E-state index contributed by atoms with van der Waals surface area (Å²) in [6.45, 7) is 27.1. The van der Waals surface area contributed by atoms with Crippen LogP contribution in [0.1, 0.15) is 113 Å². The Bertz CT molecular complexity index is 837. The summed E-state index contributed by atoms with van der Waals surface area (Å²) < 4.78 is 21.0. The predicted molar refractivity (Wildman–Crippen MR) is 171 cm³/mol. The zero-order valence-electron chi connectivity index (χ0n) is 28.6. The zero-order valence-corrected chi connectivity index (χ0v) is 29.6. The Labute approximate surface area is 248 Å². The summed E-state index contributed by atoms with van der Waals surface area (Å²) in [7, 11) is 1.68. The molecule has 0 N–H and O–H groups in total. The van der Waals surface area contributed by atoms with Crippen molar-refractivity contribution >= 4 is 20.3 Å². The van der Waals surface area contributed by atoms with Crippen molar-refractivity contribution in [2.24, 2.45) is 10.8 Å². The number of carbonyl (C=O) groups excluding carboxylic acids is 2. The monoisotopic (exact) mass is 582 g/mol. The first kappa shape index (κ1) is 40.3. The van der Waals surface area contributed by atoms with Gasteiger partial charge in [-0.25, -0.2) is 0 Å². The van der Waals surface area contributed by atoms with E-state index in [0.29, 0.717) is 12.5 Å². The molecular weight excluding hydrogens is 520 g/mol. The second-order valence-electron chi connectivity index (χ2n) is 13.3. The third-order valence-electron chi connectivity index (χ3n) is 7.25. The van der Waals surface area contributed by atoms with E-state index >= 15 is 0 Å². The van der Waals surface area contributed by atoms with E-state index < -0.39 is 8.32 Å². The molecule has 0 aromatic heterocycles. The van der Waals surface area contributed by atoms with Gasteiger partial charge in [-0.1, -0.05) is 39.8 Å². The zero-order chi connectivity index (χ0) is 31.8. The molecular formula is C33H62O6Si. The van der Waals surface area contributed by atoms with Crippen molar-refractivity contribution in [2.45, 2.75) is 133 Å². The number of rotatable bonds is 12. The maximum absolute atomic E-state index is 11.6. The quantitative estimate of drug-likeness (QED) is 0.139. The van der Waals surface area contributed by atoms with E-state index in [2.05, 4.69) is 76.7 Å². The van der Waals surface area contributed by atoms with E-state index in [-0.39, 0.29) is 28.4 Å². The summed E-state index contributed by atoms with van der Waals surface area (Å²) in [5, 5.41) is 0. The van der Waals surface area contributed by atoms with Crippen LogP contribution in [-0.2, 0) is 23.5 Å². The number of hydrogen-bond acceptors (Lipinski definition) is 6. The molecule has 0 saturated heterocycles. The fourth-order valence-corrected chi connectivity index (χ4v) is 4.18. The highest BCUT2D eigenvalue weighted by Crippen LogP contribution is 2.24. The summed E-state index contributed by atoms with van der Waals surface area (Å²) in [5.41, 5.74) is 0.611. The third kappa shape index (κ3) is 17.7. The molecule has 0 bridgehead atoms. The van der Waals surface area contributed by atoms with Gasteiger partial charge >= 0.3 is 11.9 Å². The van der Waals surface area contributed by atoms with Gasteiger partial charge in [-0.2, -0.15) is 0 Å². The van der Waals surface area contributed by atoms with E-state index in [1.165, 1.54) is 19.1 Å². The lowest BCUT2D eigenvalue weighted by atomic mass is 9.91. The van der Waals surface area contributed by atoms with Crippen LogP contribution in [0.3, 0.4) is 0 Å². The topological polar surface area (TPSA) is 71.1 Å². The van der Waals surface area contributed by atoms with E-state index in [4.69, 9.17) is 13.9 Å².